The van der Waals surface area contributed by atoms with Crippen LogP contribution in [0.2, 0.25) is 0 Å². The van der Waals surface area contributed by atoms with Crippen molar-refractivity contribution in [2.45, 2.75) is 39.2 Å². The molecule has 0 saturated carbocycles. The van der Waals surface area contributed by atoms with E-state index in [1.807, 2.05) is 0 Å². The molecule has 0 amide bonds. The molecular weight excluding hydrogens is 286 g/mol. The molecule has 1 aromatic rings. The van der Waals surface area contributed by atoms with Gasteiger partial charge >= 0.3 is 11.9 Å². The minimum atomic E-state index is -0.813. The summed E-state index contributed by atoms with van der Waals surface area (Å²) >= 11 is 0. The highest BCUT2D eigenvalue weighted by atomic mass is 16.5. The van der Waals surface area contributed by atoms with E-state index in [1.54, 1.807) is 31.2 Å². The van der Waals surface area contributed by atoms with Crippen molar-refractivity contribution >= 4 is 17.6 Å². The second-order valence-electron chi connectivity index (χ2n) is 5.00. The SMILES string of the molecule is C[C@@H](CCCCC(=O)OCc1ccc(N=[N+]=[N-])cc1)C(=O)O. The Hall–Kier alpha value is -2.53. The molecule has 0 heterocycles. The van der Waals surface area contributed by atoms with Crippen molar-refractivity contribution in [3.05, 3.63) is 40.3 Å². The quantitative estimate of drug-likeness (QED) is 0.244. The minimum Gasteiger partial charge on any atom is -0.481 e. The molecule has 7 heteroatoms. The second kappa shape index (κ2) is 9.41. The summed E-state index contributed by atoms with van der Waals surface area (Å²) in [5.74, 6) is -1.50. The van der Waals surface area contributed by atoms with Crippen molar-refractivity contribution in [2.24, 2.45) is 11.0 Å². The van der Waals surface area contributed by atoms with Gasteiger partial charge in [-0.05, 0) is 23.9 Å². The van der Waals surface area contributed by atoms with E-state index in [-0.39, 0.29) is 24.9 Å². The fourth-order valence-corrected chi connectivity index (χ4v) is 1.79. The summed E-state index contributed by atoms with van der Waals surface area (Å²) in [7, 11) is 0. The van der Waals surface area contributed by atoms with Crippen LogP contribution in [0.15, 0.2) is 29.4 Å². The van der Waals surface area contributed by atoms with Crippen LogP contribution in [0.4, 0.5) is 5.69 Å². The molecular formula is C15H19N3O4. The van der Waals surface area contributed by atoms with Crippen LogP contribution in [0.3, 0.4) is 0 Å². The Labute approximate surface area is 128 Å². The van der Waals surface area contributed by atoms with Crippen LogP contribution in [0.5, 0.6) is 0 Å². The number of hydrogen-bond donors (Lipinski definition) is 1. The van der Waals surface area contributed by atoms with Crippen LogP contribution in [0.25, 0.3) is 10.4 Å². The highest BCUT2D eigenvalue weighted by Crippen LogP contribution is 2.14. The summed E-state index contributed by atoms with van der Waals surface area (Å²) in [5, 5.41) is 12.2. The van der Waals surface area contributed by atoms with E-state index < -0.39 is 5.97 Å². The average Bonchev–Trinajstić information content (AvgIpc) is 2.50. The predicted molar refractivity (Wildman–Crippen MR) is 80.3 cm³/mol. The summed E-state index contributed by atoms with van der Waals surface area (Å²) in [5.41, 5.74) is 9.60. The maximum Gasteiger partial charge on any atom is 0.306 e. The molecule has 7 nitrogen and oxygen atoms in total. The summed E-state index contributed by atoms with van der Waals surface area (Å²) in [6.45, 7) is 1.82. The Kier molecular flexibility index (Phi) is 7.50. The lowest BCUT2D eigenvalue weighted by Crippen LogP contribution is -2.09. The molecule has 0 unspecified atom stereocenters. The zero-order valence-electron chi connectivity index (χ0n) is 12.4. The molecule has 1 atom stereocenters. The summed E-state index contributed by atoms with van der Waals surface area (Å²) in [6.07, 6.45) is 2.14. The average molecular weight is 305 g/mol. The van der Waals surface area contributed by atoms with E-state index in [1.165, 1.54) is 0 Å². The van der Waals surface area contributed by atoms with Crippen LogP contribution in [0.1, 0.15) is 38.2 Å². The van der Waals surface area contributed by atoms with Crippen LogP contribution in [0, 0.1) is 5.92 Å². The van der Waals surface area contributed by atoms with Crippen LogP contribution >= 0.6 is 0 Å². The third kappa shape index (κ3) is 6.76. The lowest BCUT2D eigenvalue weighted by molar-refractivity contribution is -0.145. The predicted octanol–water partition coefficient (Wildman–Crippen LogP) is 3.95. The van der Waals surface area contributed by atoms with Gasteiger partial charge in [-0.1, -0.05) is 42.7 Å². The zero-order chi connectivity index (χ0) is 16.4. The molecule has 0 fully saturated rings. The Morgan fingerprint density at radius 1 is 1.32 bits per heavy atom. The molecule has 0 aliphatic carbocycles. The minimum absolute atomic E-state index is 0.168. The summed E-state index contributed by atoms with van der Waals surface area (Å²) < 4.78 is 5.12. The first kappa shape index (κ1) is 17.5. The lowest BCUT2D eigenvalue weighted by atomic mass is 10.0. The van der Waals surface area contributed by atoms with Gasteiger partial charge in [0, 0.05) is 17.0 Å². The molecule has 1 aromatic carbocycles. The van der Waals surface area contributed by atoms with Gasteiger partial charge in [0.1, 0.15) is 6.61 Å². The molecule has 22 heavy (non-hydrogen) atoms. The number of esters is 1. The molecule has 118 valence electrons. The van der Waals surface area contributed by atoms with Gasteiger partial charge in [0.15, 0.2) is 0 Å². The van der Waals surface area contributed by atoms with Gasteiger partial charge in [-0.15, -0.1) is 0 Å². The first-order valence-corrected chi connectivity index (χ1v) is 7.05. The normalized spacial score (nSPS) is 11.3. The van der Waals surface area contributed by atoms with Crippen molar-refractivity contribution in [3.63, 3.8) is 0 Å². The molecule has 0 radical (unpaired) electrons. The molecule has 1 N–H and O–H groups in total. The lowest BCUT2D eigenvalue weighted by Gasteiger charge is -2.07. The number of carboxylic acids is 1. The number of hydrogen-bond acceptors (Lipinski definition) is 4. The zero-order valence-corrected chi connectivity index (χ0v) is 12.4. The van der Waals surface area contributed by atoms with Gasteiger partial charge in [-0.25, -0.2) is 0 Å². The van der Waals surface area contributed by atoms with Gasteiger partial charge < -0.3 is 9.84 Å². The summed E-state index contributed by atoms with van der Waals surface area (Å²) in [6, 6.07) is 6.75. The van der Waals surface area contributed by atoms with Crippen molar-refractivity contribution in [3.8, 4) is 0 Å². The van der Waals surface area contributed by atoms with E-state index in [9.17, 15) is 9.59 Å². The molecule has 0 bridgehead atoms. The molecule has 1 rings (SSSR count). The van der Waals surface area contributed by atoms with Crippen LogP contribution in [-0.2, 0) is 20.9 Å². The number of carboxylic acid groups (broad SMARTS) is 1. The fraction of sp³-hybridized carbons (Fsp3) is 0.467. The molecule has 0 spiro atoms. The molecule has 0 aliphatic rings. The van der Waals surface area contributed by atoms with Crippen LogP contribution < -0.4 is 0 Å². The first-order valence-electron chi connectivity index (χ1n) is 7.05. The van der Waals surface area contributed by atoms with Gasteiger partial charge in [0.2, 0.25) is 0 Å². The molecule has 0 saturated heterocycles. The van der Waals surface area contributed by atoms with E-state index in [0.29, 0.717) is 24.9 Å². The first-order chi connectivity index (χ1) is 10.5. The van der Waals surface area contributed by atoms with Gasteiger partial charge in [-0.3, -0.25) is 9.59 Å². The number of aliphatic carboxylic acids is 1. The Bertz CT molecular complexity index is 550. The van der Waals surface area contributed by atoms with Gasteiger partial charge in [-0.2, -0.15) is 0 Å². The van der Waals surface area contributed by atoms with E-state index in [0.717, 1.165) is 5.56 Å². The Morgan fingerprint density at radius 3 is 2.59 bits per heavy atom. The van der Waals surface area contributed by atoms with E-state index >= 15 is 0 Å². The van der Waals surface area contributed by atoms with Gasteiger partial charge in [0.05, 0.1) is 5.92 Å². The van der Waals surface area contributed by atoms with E-state index in [4.69, 9.17) is 15.4 Å². The maximum absolute atomic E-state index is 11.6. The fourth-order valence-electron chi connectivity index (χ4n) is 1.79. The third-order valence-corrected chi connectivity index (χ3v) is 3.19. The number of unbranched alkanes of at least 4 members (excludes halogenated alkanes) is 1. The van der Waals surface area contributed by atoms with Crippen LogP contribution in [-0.4, -0.2) is 17.0 Å². The molecule has 0 aliphatic heterocycles. The Balaban J connectivity index is 2.22. The number of carbonyl (C=O) groups is 2. The Morgan fingerprint density at radius 2 is 2.00 bits per heavy atom. The summed E-state index contributed by atoms with van der Waals surface area (Å²) in [4.78, 5) is 24.9. The van der Waals surface area contributed by atoms with Crippen molar-refractivity contribution in [1.29, 1.82) is 0 Å². The third-order valence-electron chi connectivity index (χ3n) is 3.19. The maximum atomic E-state index is 11.6. The molecule has 0 aromatic heterocycles. The topological polar surface area (TPSA) is 112 Å². The largest absolute Gasteiger partial charge is 0.481 e. The number of benzene rings is 1. The number of carbonyl (C=O) groups excluding carboxylic acids is 1. The van der Waals surface area contributed by atoms with E-state index in [2.05, 4.69) is 10.0 Å². The number of nitrogens with zero attached hydrogens (tertiary/aromatic N) is 3. The monoisotopic (exact) mass is 305 g/mol. The number of ether oxygens (including phenoxy) is 1. The second-order valence-corrected chi connectivity index (χ2v) is 5.00. The number of rotatable bonds is 9. The number of azide groups is 1. The van der Waals surface area contributed by atoms with Crippen molar-refractivity contribution < 1.29 is 19.4 Å². The van der Waals surface area contributed by atoms with Crippen molar-refractivity contribution in [1.82, 2.24) is 0 Å². The standard InChI is InChI=1S/C15H19N3O4/c1-11(15(20)21)4-2-3-5-14(19)22-10-12-6-8-13(9-7-12)17-18-16/h6-9,11H,2-5,10H2,1H3,(H,20,21)/t11-/m0/s1. The van der Waals surface area contributed by atoms with Gasteiger partial charge in [0.25, 0.3) is 0 Å². The highest BCUT2D eigenvalue weighted by Gasteiger charge is 2.10. The highest BCUT2D eigenvalue weighted by molar-refractivity contribution is 5.70. The van der Waals surface area contributed by atoms with Crippen molar-refractivity contribution in [2.75, 3.05) is 0 Å². The smallest absolute Gasteiger partial charge is 0.306 e.